The van der Waals surface area contributed by atoms with Gasteiger partial charge in [0.15, 0.2) is 5.82 Å². The molecule has 3 heterocycles. The second-order valence-corrected chi connectivity index (χ2v) is 9.76. The number of piperidine rings is 1. The van der Waals surface area contributed by atoms with E-state index in [1.165, 1.54) is 12.8 Å². The number of rotatable bonds is 10. The van der Waals surface area contributed by atoms with E-state index in [4.69, 9.17) is 19.9 Å². The van der Waals surface area contributed by atoms with Gasteiger partial charge in [-0.15, -0.1) is 0 Å². The molecule has 3 N–H and O–H groups in total. The predicted octanol–water partition coefficient (Wildman–Crippen LogP) is 4.19. The van der Waals surface area contributed by atoms with Crippen molar-refractivity contribution in [2.45, 2.75) is 70.1 Å². The zero-order chi connectivity index (χ0) is 25.5. The van der Waals surface area contributed by atoms with E-state index >= 15 is 0 Å². The molecule has 1 aliphatic heterocycles. The van der Waals surface area contributed by atoms with Crippen molar-refractivity contribution >= 4 is 22.6 Å². The number of nitrogen functional groups attached to an aromatic ring is 1. The van der Waals surface area contributed by atoms with Crippen molar-refractivity contribution in [2.75, 3.05) is 25.5 Å². The van der Waals surface area contributed by atoms with Gasteiger partial charge in [0.1, 0.15) is 18.4 Å². The third-order valence-electron chi connectivity index (χ3n) is 6.98. The molecule has 5 rings (SSSR count). The Balaban J connectivity index is 1.25. The van der Waals surface area contributed by atoms with Crippen LogP contribution >= 0.6 is 0 Å². The minimum atomic E-state index is -0.195. The Kier molecular flexibility index (Phi) is 8.42. The van der Waals surface area contributed by atoms with Crippen molar-refractivity contribution < 1.29 is 19.0 Å². The molecular weight excluding hydrogens is 470 g/mol. The van der Waals surface area contributed by atoms with Crippen LogP contribution in [0.2, 0.25) is 0 Å². The Morgan fingerprint density at radius 3 is 2.59 bits per heavy atom. The molecule has 1 saturated carbocycles. The Morgan fingerprint density at radius 1 is 1.00 bits per heavy atom. The smallest absolute Gasteiger partial charge is 0.323 e. The van der Waals surface area contributed by atoms with Crippen LogP contribution in [0.3, 0.4) is 0 Å². The number of hydrogen-bond donors (Lipinski definition) is 2. The number of carbonyl (C=O) groups is 1. The molecule has 9 nitrogen and oxygen atoms in total. The number of esters is 1. The van der Waals surface area contributed by atoms with Crippen molar-refractivity contribution in [3.05, 3.63) is 42.6 Å². The first-order valence-corrected chi connectivity index (χ1v) is 13.3. The molecule has 2 aromatic heterocycles. The molecule has 0 bridgehead atoms. The summed E-state index contributed by atoms with van der Waals surface area (Å²) in [6.07, 6.45) is 13.8. The SMILES string of the molecule is Nc1cnc2ccc(-c3cnc(COC4CCCC4)nc3)c(OCCCOC(=O)C3CCCCN3)c2c1. The molecule has 196 valence electrons. The zero-order valence-corrected chi connectivity index (χ0v) is 21.2. The average Bonchev–Trinajstić information content (AvgIpc) is 3.46. The molecule has 1 aromatic carbocycles. The van der Waals surface area contributed by atoms with E-state index in [-0.39, 0.29) is 12.0 Å². The Morgan fingerprint density at radius 2 is 1.81 bits per heavy atom. The number of anilines is 1. The maximum absolute atomic E-state index is 12.3. The lowest BCUT2D eigenvalue weighted by atomic mass is 10.0. The fraction of sp³-hybridized carbons (Fsp3) is 0.500. The second-order valence-electron chi connectivity index (χ2n) is 9.76. The highest BCUT2D eigenvalue weighted by atomic mass is 16.5. The molecule has 3 aromatic rings. The van der Waals surface area contributed by atoms with Gasteiger partial charge in [-0.25, -0.2) is 9.97 Å². The maximum atomic E-state index is 12.3. The van der Waals surface area contributed by atoms with Crippen molar-refractivity contribution in [1.82, 2.24) is 20.3 Å². The van der Waals surface area contributed by atoms with E-state index in [2.05, 4.69) is 20.3 Å². The number of ether oxygens (including phenoxy) is 3. The first kappa shape index (κ1) is 25.4. The van der Waals surface area contributed by atoms with Gasteiger partial charge in [0.25, 0.3) is 0 Å². The molecule has 2 fully saturated rings. The fourth-order valence-electron chi connectivity index (χ4n) is 4.95. The second kappa shape index (κ2) is 12.3. The van der Waals surface area contributed by atoms with Crippen LogP contribution in [-0.2, 0) is 20.9 Å². The summed E-state index contributed by atoms with van der Waals surface area (Å²) in [7, 11) is 0. The predicted molar refractivity (Wildman–Crippen MR) is 141 cm³/mol. The van der Waals surface area contributed by atoms with E-state index in [9.17, 15) is 4.79 Å². The van der Waals surface area contributed by atoms with Crippen LogP contribution in [-0.4, -0.2) is 52.8 Å². The van der Waals surface area contributed by atoms with E-state index in [0.717, 1.165) is 60.7 Å². The van der Waals surface area contributed by atoms with Gasteiger partial charge < -0.3 is 25.3 Å². The van der Waals surface area contributed by atoms with Crippen molar-refractivity contribution in [3.8, 4) is 16.9 Å². The molecule has 1 aliphatic carbocycles. The van der Waals surface area contributed by atoms with Crippen LogP contribution < -0.4 is 15.8 Å². The fourth-order valence-corrected chi connectivity index (χ4v) is 4.95. The first-order chi connectivity index (χ1) is 18.2. The lowest BCUT2D eigenvalue weighted by molar-refractivity contribution is -0.147. The van der Waals surface area contributed by atoms with Crippen molar-refractivity contribution in [3.63, 3.8) is 0 Å². The normalized spacial score (nSPS) is 18.2. The van der Waals surface area contributed by atoms with Crippen LogP contribution in [0.1, 0.15) is 57.2 Å². The molecular formula is C28H35N5O4. The number of nitrogens with zero attached hydrogens (tertiary/aromatic N) is 3. The summed E-state index contributed by atoms with van der Waals surface area (Å²) in [5, 5.41) is 4.03. The van der Waals surface area contributed by atoms with Gasteiger partial charge in [0, 0.05) is 35.3 Å². The van der Waals surface area contributed by atoms with Crippen LogP contribution in [0.15, 0.2) is 36.8 Å². The summed E-state index contributed by atoms with van der Waals surface area (Å²) >= 11 is 0. The van der Waals surface area contributed by atoms with Gasteiger partial charge in [-0.3, -0.25) is 9.78 Å². The summed E-state index contributed by atoms with van der Waals surface area (Å²) in [5.41, 5.74) is 9.07. The van der Waals surface area contributed by atoms with Crippen molar-refractivity contribution in [1.29, 1.82) is 0 Å². The van der Waals surface area contributed by atoms with Crippen LogP contribution in [0.4, 0.5) is 5.69 Å². The van der Waals surface area contributed by atoms with Gasteiger partial charge in [-0.2, -0.15) is 0 Å². The highest BCUT2D eigenvalue weighted by molar-refractivity contribution is 5.94. The van der Waals surface area contributed by atoms with Gasteiger partial charge >= 0.3 is 5.97 Å². The Hall–Kier alpha value is -3.30. The van der Waals surface area contributed by atoms with Crippen molar-refractivity contribution in [2.24, 2.45) is 0 Å². The molecule has 0 spiro atoms. The largest absolute Gasteiger partial charge is 0.492 e. The van der Waals surface area contributed by atoms with Gasteiger partial charge in [0.05, 0.1) is 36.7 Å². The first-order valence-electron chi connectivity index (χ1n) is 13.3. The Bertz CT molecular complexity index is 1190. The van der Waals surface area contributed by atoms with E-state index < -0.39 is 0 Å². The Labute approximate surface area is 217 Å². The standard InChI is InChI=1S/C28H35N5O4/c29-20-14-23-24(31-17-20)10-9-22(19-15-32-26(33-16-19)18-37-21-6-1-2-7-21)27(23)35-12-5-13-36-28(34)25-8-3-4-11-30-25/h9-10,14-17,21,25,30H,1-8,11-13,18,29H2. The number of nitrogens with two attached hydrogens (primary N) is 1. The van der Waals surface area contributed by atoms with Gasteiger partial charge in [0.2, 0.25) is 0 Å². The molecule has 2 aliphatic rings. The summed E-state index contributed by atoms with van der Waals surface area (Å²) in [4.78, 5) is 25.8. The number of aromatic nitrogens is 3. The molecule has 1 saturated heterocycles. The maximum Gasteiger partial charge on any atom is 0.323 e. The minimum Gasteiger partial charge on any atom is -0.492 e. The number of pyridine rings is 1. The summed E-state index contributed by atoms with van der Waals surface area (Å²) in [6.45, 7) is 1.96. The summed E-state index contributed by atoms with van der Waals surface area (Å²) in [6, 6.07) is 5.57. The van der Waals surface area contributed by atoms with E-state index in [1.807, 2.05) is 18.2 Å². The number of fused-ring (bicyclic) bond motifs is 1. The van der Waals surface area contributed by atoms with Gasteiger partial charge in [-0.1, -0.05) is 19.3 Å². The quantitative estimate of drug-likeness (QED) is 0.308. The molecule has 0 amide bonds. The minimum absolute atomic E-state index is 0.184. The summed E-state index contributed by atoms with van der Waals surface area (Å²) in [5.74, 6) is 1.15. The number of hydrogen-bond acceptors (Lipinski definition) is 9. The molecule has 1 atom stereocenters. The van der Waals surface area contributed by atoms with Crippen LogP contribution in [0, 0.1) is 0 Å². The average molecular weight is 506 g/mol. The van der Waals surface area contributed by atoms with Crippen LogP contribution in [0.25, 0.3) is 22.0 Å². The number of benzene rings is 1. The molecule has 0 radical (unpaired) electrons. The molecule has 37 heavy (non-hydrogen) atoms. The topological polar surface area (TPSA) is 121 Å². The van der Waals surface area contributed by atoms with E-state index in [0.29, 0.717) is 49.6 Å². The molecule has 9 heteroatoms. The highest BCUT2D eigenvalue weighted by Gasteiger charge is 2.22. The third kappa shape index (κ3) is 6.53. The lowest BCUT2D eigenvalue weighted by Gasteiger charge is -2.21. The summed E-state index contributed by atoms with van der Waals surface area (Å²) < 4.78 is 17.7. The zero-order valence-electron chi connectivity index (χ0n) is 21.2. The molecule has 1 unspecified atom stereocenters. The highest BCUT2D eigenvalue weighted by Crippen LogP contribution is 2.37. The van der Waals surface area contributed by atoms with Crippen LogP contribution in [0.5, 0.6) is 5.75 Å². The van der Waals surface area contributed by atoms with E-state index in [1.54, 1.807) is 18.6 Å². The third-order valence-corrected chi connectivity index (χ3v) is 6.98. The van der Waals surface area contributed by atoms with Gasteiger partial charge in [-0.05, 0) is 50.4 Å². The monoisotopic (exact) mass is 505 g/mol. The number of nitrogens with one attached hydrogen (secondary N) is 1. The lowest BCUT2D eigenvalue weighted by Crippen LogP contribution is -2.41. The number of carbonyl (C=O) groups excluding carboxylic acids is 1.